The van der Waals surface area contributed by atoms with Crippen LogP contribution in [0.2, 0.25) is 0 Å². The Morgan fingerprint density at radius 3 is 2.46 bits per heavy atom. The number of alkyl halides is 3. The second-order valence-electron chi connectivity index (χ2n) is 5.59. The van der Waals surface area contributed by atoms with Crippen molar-refractivity contribution in [3.05, 3.63) is 58.7 Å². The predicted octanol–water partition coefficient (Wildman–Crippen LogP) is 5.30. The third-order valence-corrected chi connectivity index (χ3v) is 3.78. The van der Waals surface area contributed by atoms with Crippen LogP contribution in [0.4, 0.5) is 18.0 Å². The van der Waals surface area contributed by atoms with E-state index in [1.807, 2.05) is 6.92 Å². The van der Waals surface area contributed by atoms with Gasteiger partial charge >= 0.3 is 12.3 Å². The summed E-state index contributed by atoms with van der Waals surface area (Å²) in [6, 6.07) is 8.88. The largest absolute Gasteiger partial charge is 0.513 e. The van der Waals surface area contributed by atoms with Gasteiger partial charge in [0, 0.05) is 5.56 Å². The quantitative estimate of drug-likeness (QED) is 0.531. The molecule has 7 heteroatoms. The van der Waals surface area contributed by atoms with E-state index < -0.39 is 17.9 Å². The smallest absolute Gasteiger partial charge is 0.488 e. The first-order valence-corrected chi connectivity index (χ1v) is 7.93. The molecule has 0 spiro atoms. The van der Waals surface area contributed by atoms with Crippen LogP contribution in [0.1, 0.15) is 29.2 Å². The SMILES string of the molecule is CCc1cccc(OC(=O)OC)c1COc1ccc(C)cc1C(F)(F)F. The summed E-state index contributed by atoms with van der Waals surface area (Å²) in [5.41, 5.74) is 0.927. The van der Waals surface area contributed by atoms with Crippen LogP contribution in [0.3, 0.4) is 0 Å². The van der Waals surface area contributed by atoms with Gasteiger partial charge < -0.3 is 14.2 Å². The number of halogens is 3. The van der Waals surface area contributed by atoms with Crippen molar-refractivity contribution in [2.45, 2.75) is 33.1 Å². The van der Waals surface area contributed by atoms with Gasteiger partial charge in [0.05, 0.1) is 12.7 Å². The lowest BCUT2D eigenvalue weighted by Crippen LogP contribution is -2.12. The van der Waals surface area contributed by atoms with Crippen molar-refractivity contribution in [2.75, 3.05) is 7.11 Å². The molecule has 2 aromatic rings. The van der Waals surface area contributed by atoms with E-state index in [9.17, 15) is 18.0 Å². The van der Waals surface area contributed by atoms with Crippen LogP contribution in [0, 0.1) is 6.92 Å². The second-order valence-corrected chi connectivity index (χ2v) is 5.59. The molecule has 0 aliphatic carbocycles. The van der Waals surface area contributed by atoms with Gasteiger partial charge in [0.2, 0.25) is 0 Å². The summed E-state index contributed by atoms with van der Waals surface area (Å²) in [7, 11) is 1.17. The molecule has 0 aliphatic rings. The highest BCUT2D eigenvalue weighted by Crippen LogP contribution is 2.37. The maximum Gasteiger partial charge on any atom is 0.513 e. The molecule has 2 aromatic carbocycles. The molecular formula is C19H19F3O4. The number of hydrogen-bond acceptors (Lipinski definition) is 4. The normalized spacial score (nSPS) is 11.2. The summed E-state index contributed by atoms with van der Waals surface area (Å²) >= 11 is 0. The third kappa shape index (κ3) is 4.68. The van der Waals surface area contributed by atoms with E-state index in [4.69, 9.17) is 9.47 Å². The Morgan fingerprint density at radius 2 is 1.85 bits per heavy atom. The van der Waals surface area contributed by atoms with Gasteiger partial charge in [0.15, 0.2) is 0 Å². The molecule has 0 heterocycles. The Morgan fingerprint density at radius 1 is 1.12 bits per heavy atom. The molecule has 0 aliphatic heterocycles. The highest BCUT2D eigenvalue weighted by molar-refractivity contribution is 5.64. The first-order valence-electron chi connectivity index (χ1n) is 7.93. The number of aryl methyl sites for hydroxylation is 2. The molecule has 0 saturated carbocycles. The summed E-state index contributed by atoms with van der Waals surface area (Å²) < 4.78 is 54.7. The van der Waals surface area contributed by atoms with Crippen molar-refractivity contribution in [1.29, 1.82) is 0 Å². The maximum atomic E-state index is 13.2. The van der Waals surface area contributed by atoms with Gasteiger partial charge in [-0.1, -0.05) is 30.7 Å². The van der Waals surface area contributed by atoms with Gasteiger partial charge in [0.1, 0.15) is 18.1 Å². The fourth-order valence-corrected chi connectivity index (χ4v) is 2.47. The first-order chi connectivity index (χ1) is 12.3. The average molecular weight is 368 g/mol. The van der Waals surface area contributed by atoms with E-state index in [-0.39, 0.29) is 18.1 Å². The minimum atomic E-state index is -4.53. The van der Waals surface area contributed by atoms with Gasteiger partial charge in [-0.15, -0.1) is 0 Å². The number of hydrogen-bond donors (Lipinski definition) is 0. The summed E-state index contributed by atoms with van der Waals surface area (Å²) in [5, 5.41) is 0. The summed E-state index contributed by atoms with van der Waals surface area (Å²) in [6.07, 6.45) is -4.85. The van der Waals surface area contributed by atoms with Gasteiger partial charge in [-0.25, -0.2) is 4.79 Å². The molecule has 0 N–H and O–H groups in total. The molecule has 140 valence electrons. The standard InChI is InChI=1S/C19H19F3O4/c1-4-13-6-5-7-16(26-18(23)24-3)14(13)11-25-17-9-8-12(2)10-15(17)19(20,21)22/h5-10H,4,11H2,1-3H3. The zero-order valence-corrected chi connectivity index (χ0v) is 14.6. The first kappa shape index (κ1) is 19.6. The lowest BCUT2D eigenvalue weighted by Gasteiger charge is -2.17. The summed E-state index contributed by atoms with van der Waals surface area (Å²) in [4.78, 5) is 11.4. The minimum Gasteiger partial charge on any atom is -0.488 e. The van der Waals surface area contributed by atoms with Crippen molar-refractivity contribution in [3.63, 3.8) is 0 Å². The number of carbonyl (C=O) groups excluding carboxylic acids is 1. The average Bonchev–Trinajstić information content (AvgIpc) is 2.60. The zero-order valence-electron chi connectivity index (χ0n) is 14.6. The molecule has 26 heavy (non-hydrogen) atoms. The lowest BCUT2D eigenvalue weighted by atomic mass is 10.0. The highest BCUT2D eigenvalue weighted by Gasteiger charge is 2.34. The highest BCUT2D eigenvalue weighted by atomic mass is 19.4. The van der Waals surface area contributed by atoms with Crippen molar-refractivity contribution in [3.8, 4) is 11.5 Å². The fraction of sp³-hybridized carbons (Fsp3) is 0.316. The molecule has 0 radical (unpaired) electrons. The molecule has 0 atom stereocenters. The fourth-order valence-electron chi connectivity index (χ4n) is 2.47. The number of benzene rings is 2. The number of rotatable bonds is 5. The van der Waals surface area contributed by atoms with E-state index in [0.717, 1.165) is 11.6 Å². The second kappa shape index (κ2) is 8.12. The number of carbonyl (C=O) groups is 1. The van der Waals surface area contributed by atoms with Crippen LogP contribution in [-0.4, -0.2) is 13.3 Å². The van der Waals surface area contributed by atoms with E-state index in [0.29, 0.717) is 17.5 Å². The van der Waals surface area contributed by atoms with Gasteiger partial charge in [-0.2, -0.15) is 13.2 Å². The molecule has 2 rings (SSSR count). The van der Waals surface area contributed by atoms with Crippen LogP contribution < -0.4 is 9.47 Å². The van der Waals surface area contributed by atoms with Gasteiger partial charge in [-0.3, -0.25) is 0 Å². The zero-order chi connectivity index (χ0) is 19.3. The van der Waals surface area contributed by atoms with Crippen molar-refractivity contribution in [1.82, 2.24) is 0 Å². The van der Waals surface area contributed by atoms with Crippen molar-refractivity contribution in [2.24, 2.45) is 0 Å². The number of methoxy groups -OCH3 is 1. The predicted molar refractivity (Wildman–Crippen MR) is 89.4 cm³/mol. The van der Waals surface area contributed by atoms with Gasteiger partial charge in [-0.05, 0) is 37.1 Å². The Hall–Kier alpha value is -2.70. The van der Waals surface area contributed by atoms with Crippen LogP contribution in [0.25, 0.3) is 0 Å². The molecule has 4 nitrogen and oxygen atoms in total. The Bertz CT molecular complexity index is 785. The number of ether oxygens (including phenoxy) is 3. The van der Waals surface area contributed by atoms with Crippen LogP contribution >= 0.6 is 0 Å². The lowest BCUT2D eigenvalue weighted by molar-refractivity contribution is -0.139. The monoisotopic (exact) mass is 368 g/mol. The summed E-state index contributed by atoms with van der Waals surface area (Å²) in [5.74, 6) is -0.0881. The van der Waals surface area contributed by atoms with E-state index in [1.54, 1.807) is 25.1 Å². The van der Waals surface area contributed by atoms with Crippen LogP contribution in [-0.2, 0) is 23.9 Å². The topological polar surface area (TPSA) is 44.8 Å². The van der Waals surface area contributed by atoms with E-state index in [1.165, 1.54) is 19.2 Å². The summed E-state index contributed by atoms with van der Waals surface area (Å²) in [6.45, 7) is 3.28. The molecule has 0 bridgehead atoms. The Kier molecular flexibility index (Phi) is 6.13. The molecule has 0 fully saturated rings. The minimum absolute atomic E-state index is 0.178. The van der Waals surface area contributed by atoms with Crippen molar-refractivity contribution >= 4 is 6.16 Å². The van der Waals surface area contributed by atoms with Gasteiger partial charge in [0.25, 0.3) is 0 Å². The molecule has 0 saturated heterocycles. The van der Waals surface area contributed by atoms with Crippen molar-refractivity contribution < 1.29 is 32.2 Å². The van der Waals surface area contributed by atoms with Crippen LogP contribution in [0.15, 0.2) is 36.4 Å². The van der Waals surface area contributed by atoms with E-state index >= 15 is 0 Å². The molecule has 0 unspecified atom stereocenters. The molecule has 0 amide bonds. The van der Waals surface area contributed by atoms with E-state index in [2.05, 4.69) is 4.74 Å². The molecule has 0 aromatic heterocycles. The Balaban J connectivity index is 2.34. The third-order valence-electron chi connectivity index (χ3n) is 3.78. The van der Waals surface area contributed by atoms with Crippen LogP contribution in [0.5, 0.6) is 11.5 Å². The maximum absolute atomic E-state index is 13.2. The molecular weight excluding hydrogens is 349 g/mol. The Labute approximate surface area is 149 Å².